The molecule has 1 aliphatic heterocycles. The van der Waals surface area contributed by atoms with Crippen LogP contribution in [0.15, 0.2) is 47.1 Å². The lowest BCUT2D eigenvalue weighted by Crippen LogP contribution is -3.10. The zero-order valence-corrected chi connectivity index (χ0v) is 16.9. The summed E-state index contributed by atoms with van der Waals surface area (Å²) >= 11 is 1.59. The minimum absolute atomic E-state index is 0.0694. The van der Waals surface area contributed by atoms with Gasteiger partial charge < -0.3 is 14.6 Å². The SMILES string of the molecule is Cc1sc(NC(=O)c2ccco2)c(C(c2ccc(F)cc2)[NH+]2CCCC2)c1C. The highest BCUT2D eigenvalue weighted by molar-refractivity contribution is 7.16. The molecular weight excluding hydrogens is 375 g/mol. The predicted molar refractivity (Wildman–Crippen MR) is 109 cm³/mol. The van der Waals surface area contributed by atoms with Crippen molar-refractivity contribution in [3.8, 4) is 0 Å². The lowest BCUT2D eigenvalue weighted by Gasteiger charge is -2.26. The van der Waals surface area contributed by atoms with Crippen molar-refractivity contribution < 1.29 is 18.5 Å². The molecule has 3 aromatic rings. The normalized spacial score (nSPS) is 15.7. The summed E-state index contributed by atoms with van der Waals surface area (Å²) in [6.07, 6.45) is 3.86. The molecule has 4 rings (SSSR count). The minimum Gasteiger partial charge on any atom is -0.459 e. The number of carbonyl (C=O) groups is 1. The summed E-state index contributed by atoms with van der Waals surface area (Å²) in [4.78, 5) is 15.3. The van der Waals surface area contributed by atoms with Crippen LogP contribution >= 0.6 is 11.3 Å². The first kappa shape index (κ1) is 18.9. The number of thiophene rings is 1. The second-order valence-electron chi connectivity index (χ2n) is 7.31. The van der Waals surface area contributed by atoms with Gasteiger partial charge in [-0.05, 0) is 55.8 Å². The number of carbonyl (C=O) groups excluding carboxylic acids is 1. The van der Waals surface area contributed by atoms with Crippen molar-refractivity contribution in [2.45, 2.75) is 32.7 Å². The molecule has 1 fully saturated rings. The molecule has 1 amide bonds. The van der Waals surface area contributed by atoms with Crippen molar-refractivity contribution in [1.82, 2.24) is 0 Å². The number of amides is 1. The van der Waals surface area contributed by atoms with Crippen LogP contribution in [0.4, 0.5) is 9.39 Å². The van der Waals surface area contributed by atoms with Crippen LogP contribution in [-0.2, 0) is 0 Å². The molecule has 6 heteroatoms. The summed E-state index contributed by atoms with van der Waals surface area (Å²) in [6.45, 7) is 6.33. The van der Waals surface area contributed by atoms with E-state index in [0.717, 1.165) is 29.2 Å². The molecule has 0 bridgehead atoms. The molecular formula is C22H24FN2O2S+. The Hall–Kier alpha value is -2.44. The number of rotatable bonds is 5. The number of hydrogen-bond donors (Lipinski definition) is 2. The van der Waals surface area contributed by atoms with Gasteiger partial charge in [0.15, 0.2) is 5.76 Å². The average molecular weight is 400 g/mol. The van der Waals surface area contributed by atoms with Gasteiger partial charge in [0.2, 0.25) is 0 Å². The van der Waals surface area contributed by atoms with Gasteiger partial charge in [-0.15, -0.1) is 11.3 Å². The maximum Gasteiger partial charge on any atom is 0.291 e. The van der Waals surface area contributed by atoms with E-state index < -0.39 is 0 Å². The molecule has 0 aliphatic carbocycles. The quantitative estimate of drug-likeness (QED) is 0.678. The first-order chi connectivity index (χ1) is 13.5. The first-order valence-corrected chi connectivity index (χ1v) is 10.4. The zero-order chi connectivity index (χ0) is 19.7. The second-order valence-corrected chi connectivity index (χ2v) is 8.53. The van der Waals surface area contributed by atoms with E-state index in [2.05, 4.69) is 19.2 Å². The number of furan rings is 1. The molecule has 1 aliphatic rings. The number of benzene rings is 1. The van der Waals surface area contributed by atoms with Gasteiger partial charge in [-0.3, -0.25) is 4.79 Å². The highest BCUT2D eigenvalue weighted by Crippen LogP contribution is 2.38. The minimum atomic E-state index is -0.248. The Morgan fingerprint density at radius 2 is 1.89 bits per heavy atom. The molecule has 146 valence electrons. The number of anilines is 1. The third-order valence-electron chi connectivity index (χ3n) is 5.55. The number of halogens is 1. The Balaban J connectivity index is 1.77. The lowest BCUT2D eigenvalue weighted by atomic mass is 9.95. The van der Waals surface area contributed by atoms with Gasteiger partial charge in [-0.1, -0.05) is 0 Å². The van der Waals surface area contributed by atoms with E-state index >= 15 is 0 Å². The van der Waals surface area contributed by atoms with Gasteiger partial charge in [0.1, 0.15) is 16.9 Å². The number of aryl methyl sites for hydroxylation is 1. The van der Waals surface area contributed by atoms with Crippen molar-refractivity contribution in [2.75, 3.05) is 18.4 Å². The molecule has 3 heterocycles. The second kappa shape index (κ2) is 7.89. The Morgan fingerprint density at radius 1 is 1.18 bits per heavy atom. The van der Waals surface area contributed by atoms with Crippen LogP contribution in [0, 0.1) is 19.7 Å². The van der Waals surface area contributed by atoms with Gasteiger partial charge >= 0.3 is 0 Å². The van der Waals surface area contributed by atoms with E-state index in [1.165, 1.54) is 46.6 Å². The molecule has 1 saturated heterocycles. The largest absolute Gasteiger partial charge is 0.459 e. The van der Waals surface area contributed by atoms with Crippen molar-refractivity contribution >= 4 is 22.2 Å². The van der Waals surface area contributed by atoms with Crippen LogP contribution in [0.3, 0.4) is 0 Å². The molecule has 28 heavy (non-hydrogen) atoms. The fraction of sp³-hybridized carbons (Fsp3) is 0.318. The van der Waals surface area contributed by atoms with Gasteiger partial charge in [-0.25, -0.2) is 4.39 Å². The molecule has 1 aromatic carbocycles. The molecule has 2 aromatic heterocycles. The smallest absolute Gasteiger partial charge is 0.291 e. The first-order valence-electron chi connectivity index (χ1n) is 9.59. The molecule has 0 radical (unpaired) electrons. The van der Waals surface area contributed by atoms with E-state index in [1.807, 2.05) is 12.1 Å². The fourth-order valence-electron chi connectivity index (χ4n) is 4.04. The van der Waals surface area contributed by atoms with Gasteiger partial charge in [0.05, 0.1) is 24.9 Å². The van der Waals surface area contributed by atoms with Crippen LogP contribution in [0.2, 0.25) is 0 Å². The summed E-state index contributed by atoms with van der Waals surface area (Å²) in [7, 11) is 0. The molecule has 2 N–H and O–H groups in total. The van der Waals surface area contributed by atoms with Crippen molar-refractivity contribution in [3.05, 3.63) is 75.8 Å². The molecule has 1 unspecified atom stereocenters. The molecule has 4 nitrogen and oxygen atoms in total. The maximum atomic E-state index is 13.5. The number of hydrogen-bond acceptors (Lipinski definition) is 3. The molecule has 0 saturated carbocycles. The van der Waals surface area contributed by atoms with Crippen LogP contribution in [0.1, 0.15) is 51.0 Å². The summed E-state index contributed by atoms with van der Waals surface area (Å²) in [5, 5.41) is 3.91. The monoisotopic (exact) mass is 399 g/mol. The van der Waals surface area contributed by atoms with Crippen molar-refractivity contribution in [1.29, 1.82) is 0 Å². The third-order valence-corrected chi connectivity index (χ3v) is 6.69. The van der Waals surface area contributed by atoms with Crippen molar-refractivity contribution in [2.24, 2.45) is 0 Å². The van der Waals surface area contributed by atoms with Crippen LogP contribution in [0.5, 0.6) is 0 Å². The zero-order valence-electron chi connectivity index (χ0n) is 16.0. The van der Waals surface area contributed by atoms with E-state index in [0.29, 0.717) is 5.76 Å². The summed E-state index contributed by atoms with van der Waals surface area (Å²) in [5.74, 6) is -0.188. The molecule has 1 atom stereocenters. The maximum absolute atomic E-state index is 13.5. The third kappa shape index (κ3) is 3.62. The van der Waals surface area contributed by atoms with E-state index in [1.54, 1.807) is 23.5 Å². The lowest BCUT2D eigenvalue weighted by molar-refractivity contribution is -0.913. The standard InChI is InChI=1S/C22H23FN2O2S/c1-14-15(2)28-22(24-21(26)18-6-5-13-27-18)19(14)20(25-11-3-4-12-25)16-7-9-17(23)10-8-16/h5-10,13,20H,3-4,11-12H2,1-2H3,(H,24,26)/p+1. The number of likely N-dealkylation sites (tertiary alicyclic amines) is 1. The Labute approximate surface area is 168 Å². The van der Waals surface area contributed by atoms with Gasteiger partial charge in [-0.2, -0.15) is 0 Å². The molecule has 0 spiro atoms. The summed E-state index contributed by atoms with van der Waals surface area (Å²) in [5.41, 5.74) is 3.40. The average Bonchev–Trinajstić information content (AvgIpc) is 3.43. The fourth-order valence-corrected chi connectivity index (χ4v) is 5.13. The van der Waals surface area contributed by atoms with E-state index in [-0.39, 0.29) is 17.8 Å². The highest BCUT2D eigenvalue weighted by Gasteiger charge is 2.34. The summed E-state index contributed by atoms with van der Waals surface area (Å²) < 4.78 is 18.8. The van der Waals surface area contributed by atoms with Crippen molar-refractivity contribution in [3.63, 3.8) is 0 Å². The number of quaternary nitrogens is 1. The van der Waals surface area contributed by atoms with Crippen LogP contribution < -0.4 is 10.2 Å². The Bertz CT molecular complexity index is 957. The van der Waals surface area contributed by atoms with E-state index in [4.69, 9.17) is 4.42 Å². The predicted octanol–water partition coefficient (Wildman–Crippen LogP) is 4.12. The van der Waals surface area contributed by atoms with Gasteiger partial charge in [0, 0.05) is 23.3 Å². The topological polar surface area (TPSA) is 46.7 Å². The van der Waals surface area contributed by atoms with E-state index in [9.17, 15) is 9.18 Å². The van der Waals surface area contributed by atoms with Crippen LogP contribution in [-0.4, -0.2) is 19.0 Å². The Morgan fingerprint density at radius 3 is 2.54 bits per heavy atom. The van der Waals surface area contributed by atoms with Crippen LogP contribution in [0.25, 0.3) is 0 Å². The van der Waals surface area contributed by atoms with Gasteiger partial charge in [0.25, 0.3) is 5.91 Å². The number of nitrogens with one attached hydrogen (secondary N) is 2. The summed E-state index contributed by atoms with van der Waals surface area (Å²) in [6, 6.07) is 10.2. The Kier molecular flexibility index (Phi) is 5.33. The highest BCUT2D eigenvalue weighted by atomic mass is 32.1.